The molecule has 10 atom stereocenters. The highest BCUT2D eigenvalue weighted by molar-refractivity contribution is 7.81. The number of nitrogens with two attached hydrogens (primary N) is 2. The van der Waals surface area contributed by atoms with Crippen LogP contribution in [0.4, 0.5) is 0 Å². The maximum atomic E-state index is 14.0. The number of carboxylic acids is 1. The Morgan fingerprint density at radius 2 is 1.53 bits per heavy atom. The molecule has 2 aliphatic rings. The van der Waals surface area contributed by atoms with Gasteiger partial charge in [-0.1, -0.05) is 12.1 Å². The first-order valence-corrected chi connectivity index (χ1v) is 19.1. The number of hydrogen-bond acceptors (Lipinski definition) is 17. The van der Waals surface area contributed by atoms with Crippen LogP contribution in [0.5, 0.6) is 5.75 Å². The summed E-state index contributed by atoms with van der Waals surface area (Å²) < 4.78 is 5.48. The third-order valence-corrected chi connectivity index (χ3v) is 9.92. The van der Waals surface area contributed by atoms with Crippen LogP contribution in [0.2, 0.25) is 0 Å². The summed E-state index contributed by atoms with van der Waals surface area (Å²) >= 11 is 3.89. The van der Waals surface area contributed by atoms with Gasteiger partial charge in [-0.3, -0.25) is 38.4 Å². The van der Waals surface area contributed by atoms with Crippen LogP contribution in [0, 0.1) is 5.92 Å². The molecule has 15 N–H and O–H groups in total. The van der Waals surface area contributed by atoms with Gasteiger partial charge in [0.1, 0.15) is 48.4 Å². The first-order chi connectivity index (χ1) is 28.3. The summed E-state index contributed by atoms with van der Waals surface area (Å²) in [6.45, 7) is -2.63. The van der Waals surface area contributed by atoms with Crippen molar-refractivity contribution in [2.24, 2.45) is 17.4 Å². The lowest BCUT2D eigenvalue weighted by Crippen LogP contribution is -2.63. The van der Waals surface area contributed by atoms with Gasteiger partial charge in [0, 0.05) is 18.7 Å². The second-order valence-electron chi connectivity index (χ2n) is 14.0. The molecule has 1 aromatic rings. The number of rotatable bonds is 21. The Morgan fingerprint density at radius 1 is 0.883 bits per heavy atom. The Morgan fingerprint density at radius 3 is 2.12 bits per heavy atom. The molecule has 2 fully saturated rings. The molecular weight excluding hydrogens is 820 g/mol. The third kappa shape index (κ3) is 13.5. The number of phenols is 1. The number of ketones is 1. The van der Waals surface area contributed by atoms with Gasteiger partial charge < -0.3 is 78.3 Å². The molecular formula is C35H50N8O16S. The molecule has 3 rings (SSSR count). The zero-order valence-electron chi connectivity index (χ0n) is 32.0. The van der Waals surface area contributed by atoms with Crippen molar-refractivity contribution in [2.75, 3.05) is 32.1 Å². The number of phenolic OH excluding ortho intramolecular Hbond substituents is 1. The molecule has 0 aromatic heterocycles. The van der Waals surface area contributed by atoms with Crippen molar-refractivity contribution in [1.82, 2.24) is 31.5 Å². The summed E-state index contributed by atoms with van der Waals surface area (Å²) in [6.07, 6.45) is -8.10. The summed E-state index contributed by atoms with van der Waals surface area (Å²) in [5.41, 5.74) is 11.3. The van der Waals surface area contributed by atoms with E-state index in [9.17, 15) is 73.8 Å². The van der Waals surface area contributed by atoms with E-state index < -0.39 is 152 Å². The first-order valence-electron chi connectivity index (χ1n) is 18.5. The number of carbonyl (C=O) groups excluding carboxylic acids is 8. The number of carboxylic acid groups (broad SMARTS) is 1. The third-order valence-electron chi connectivity index (χ3n) is 9.61. The van der Waals surface area contributed by atoms with Gasteiger partial charge in [0.2, 0.25) is 41.4 Å². The molecule has 332 valence electrons. The summed E-state index contributed by atoms with van der Waals surface area (Å²) in [5, 5.41) is 70.1. The van der Waals surface area contributed by atoms with Crippen LogP contribution in [0.3, 0.4) is 0 Å². The molecule has 24 nitrogen and oxygen atoms in total. The van der Waals surface area contributed by atoms with Crippen molar-refractivity contribution in [2.45, 2.75) is 86.9 Å². The van der Waals surface area contributed by atoms with E-state index in [0.29, 0.717) is 5.56 Å². The zero-order valence-corrected chi connectivity index (χ0v) is 32.9. The fourth-order valence-corrected chi connectivity index (χ4v) is 6.68. The molecule has 1 aromatic carbocycles. The minimum Gasteiger partial charge on any atom is -0.508 e. The van der Waals surface area contributed by atoms with Crippen LogP contribution in [-0.2, 0) is 54.3 Å². The van der Waals surface area contributed by atoms with Crippen LogP contribution in [-0.4, -0.2) is 175 Å². The highest BCUT2D eigenvalue weighted by Gasteiger charge is 2.48. The lowest BCUT2D eigenvalue weighted by molar-refractivity contribution is -0.214. The van der Waals surface area contributed by atoms with Gasteiger partial charge in [-0.2, -0.15) is 12.6 Å². The number of nitrogens with one attached hydrogen (secondary N) is 5. The number of carbonyl (C=O) groups is 9. The molecule has 0 aliphatic carbocycles. The number of thiol groups is 1. The van der Waals surface area contributed by atoms with Gasteiger partial charge in [-0.05, 0) is 30.5 Å². The molecule has 2 heterocycles. The SMILES string of the molecule is NC(=O)C[C@H](N)C(=O)N[C@@H](CC(=O)N[C@@H]1O[C@H](CO)[C@@H](O)[C@H](O)[C@H]1C(=O)CS)C(=O)N1CCC[C@H]1C(=O)NCC(=O)N[C@@H](Cc1ccc(O)cc1)C(=O)N[C@@H](CO)C(=O)O. The van der Waals surface area contributed by atoms with E-state index in [1.807, 2.05) is 0 Å². The number of amides is 7. The van der Waals surface area contributed by atoms with E-state index in [2.05, 4.69) is 39.2 Å². The van der Waals surface area contributed by atoms with Crippen LogP contribution in [0.25, 0.3) is 0 Å². The van der Waals surface area contributed by atoms with Crippen molar-refractivity contribution in [3.8, 4) is 5.75 Å². The molecule has 0 spiro atoms. The van der Waals surface area contributed by atoms with Gasteiger partial charge in [-0.25, -0.2) is 4.79 Å². The normalized spacial score (nSPS) is 23.2. The predicted octanol–water partition coefficient (Wildman–Crippen LogP) is -7.16. The maximum absolute atomic E-state index is 14.0. The number of hydrogen-bond donors (Lipinski definition) is 14. The molecule has 7 amide bonds. The van der Waals surface area contributed by atoms with Gasteiger partial charge in [-0.15, -0.1) is 0 Å². The Bertz CT molecular complexity index is 1750. The monoisotopic (exact) mass is 870 g/mol. The van der Waals surface area contributed by atoms with E-state index in [4.69, 9.17) is 16.2 Å². The summed E-state index contributed by atoms with van der Waals surface area (Å²) in [7, 11) is 0. The van der Waals surface area contributed by atoms with Crippen molar-refractivity contribution >= 4 is 65.7 Å². The lowest BCUT2D eigenvalue weighted by atomic mass is 9.87. The van der Waals surface area contributed by atoms with Crippen molar-refractivity contribution < 1.29 is 78.5 Å². The molecule has 0 saturated carbocycles. The predicted molar refractivity (Wildman–Crippen MR) is 205 cm³/mol. The van der Waals surface area contributed by atoms with Crippen LogP contribution >= 0.6 is 12.6 Å². The summed E-state index contributed by atoms with van der Waals surface area (Å²) in [4.78, 5) is 116. The van der Waals surface area contributed by atoms with Crippen molar-refractivity contribution in [3.05, 3.63) is 29.8 Å². The van der Waals surface area contributed by atoms with Gasteiger partial charge in [0.05, 0.1) is 50.7 Å². The second kappa shape index (κ2) is 22.8. The minimum atomic E-state index is -1.81. The largest absolute Gasteiger partial charge is 0.508 e. The zero-order chi connectivity index (χ0) is 44.8. The topological polar surface area (TPSA) is 400 Å². The Kier molecular flexibility index (Phi) is 18.6. The molecule has 25 heteroatoms. The summed E-state index contributed by atoms with van der Waals surface area (Å²) in [6, 6.07) is -2.27. The fraction of sp³-hybridized carbons (Fsp3) is 0.571. The number of aliphatic hydroxyl groups excluding tert-OH is 4. The van der Waals surface area contributed by atoms with E-state index >= 15 is 0 Å². The maximum Gasteiger partial charge on any atom is 0.328 e. The van der Waals surface area contributed by atoms with Crippen LogP contribution in [0.1, 0.15) is 31.2 Å². The van der Waals surface area contributed by atoms with Gasteiger partial charge in [0.25, 0.3) is 0 Å². The van der Waals surface area contributed by atoms with Crippen molar-refractivity contribution in [1.29, 1.82) is 0 Å². The Labute approximate surface area is 347 Å². The highest BCUT2D eigenvalue weighted by Crippen LogP contribution is 2.27. The molecule has 2 aliphatic heterocycles. The van der Waals surface area contributed by atoms with E-state index in [1.54, 1.807) is 0 Å². The summed E-state index contributed by atoms with van der Waals surface area (Å²) in [5.74, 6) is -11.3. The standard InChI is InChI=1S/C35H50N8O16S/c36-17(9-24(37)48)30(53)40-19(10-25(49)42-33-27(22(47)14-60)29(52)28(51)23(13-45)59-33)34(56)43-7-1-2-21(43)32(55)38-11-26(50)39-18(8-15-3-5-16(46)6-4-15)31(54)41-20(12-44)35(57)58/h3-6,17-21,23,27-29,33,44-46,51-52,60H,1-2,7-14,36H2,(H2,37,48)(H,38,55)(H,39,50)(H,40,53)(H,41,54)(H,42,49)(H,57,58)/t17-,18-,19-,20-,21-,23+,27+,28+,29+,33+/m0/s1. The Balaban J connectivity index is 1.77. The van der Waals surface area contributed by atoms with Crippen molar-refractivity contribution in [3.63, 3.8) is 0 Å². The van der Waals surface area contributed by atoms with E-state index in [0.717, 1.165) is 4.90 Å². The molecule has 0 unspecified atom stereocenters. The number of nitrogens with zero attached hydrogens (tertiary/aromatic N) is 1. The van der Waals surface area contributed by atoms with Crippen LogP contribution in [0.15, 0.2) is 24.3 Å². The van der Waals surface area contributed by atoms with Gasteiger partial charge >= 0.3 is 5.97 Å². The molecule has 0 radical (unpaired) electrons. The number of aliphatic carboxylic acids is 1. The second-order valence-corrected chi connectivity index (χ2v) is 14.3. The number of benzene rings is 1. The van der Waals surface area contributed by atoms with Gasteiger partial charge in [0.15, 0.2) is 5.78 Å². The highest BCUT2D eigenvalue weighted by atomic mass is 32.1. The average molecular weight is 871 g/mol. The molecule has 0 bridgehead atoms. The first kappa shape index (κ1) is 48.9. The number of primary amides is 1. The Hall–Kier alpha value is -5.44. The minimum absolute atomic E-state index is 0.0447. The number of Topliss-reactive ketones (excluding diaryl/α,β-unsaturated/α-hetero) is 1. The van der Waals surface area contributed by atoms with Crippen LogP contribution < -0.4 is 38.1 Å². The fourth-order valence-electron chi connectivity index (χ4n) is 6.46. The lowest BCUT2D eigenvalue weighted by Gasteiger charge is -2.41. The quantitative estimate of drug-likeness (QED) is 0.0510. The molecule has 2 saturated heterocycles. The number of aromatic hydroxyl groups is 1. The average Bonchev–Trinajstić information content (AvgIpc) is 3.70. The van der Waals surface area contributed by atoms with E-state index in [1.165, 1.54) is 24.3 Å². The van der Waals surface area contributed by atoms with E-state index in [-0.39, 0.29) is 31.6 Å². The molecule has 60 heavy (non-hydrogen) atoms. The number of likely N-dealkylation sites (tertiary alicyclic amines) is 1. The number of aliphatic hydroxyl groups is 4. The number of ether oxygens (including phenoxy) is 1. The smallest absolute Gasteiger partial charge is 0.328 e.